The van der Waals surface area contributed by atoms with E-state index < -0.39 is 48.3 Å². The SMILES string of the molecule is N[C@@H](CCC(=O)N[C@@H](CSC1C2=C3[C@@H](CCCCCC14CCCC4)CC(Cc1ccncc1)=C[C@@H]3C(=O)O2)C(=O)NCC(=O)O)C(=O)O. The normalized spacial score (nSPS) is 24.6. The molecule has 48 heavy (non-hydrogen) atoms. The monoisotopic (exact) mass is 682 g/mol. The summed E-state index contributed by atoms with van der Waals surface area (Å²) in [5.41, 5.74) is 8.85. The van der Waals surface area contributed by atoms with Crippen LogP contribution in [0.3, 0.4) is 0 Å². The molecular formula is C35H46N4O8S. The van der Waals surface area contributed by atoms with Gasteiger partial charge in [-0.2, -0.15) is 0 Å². The van der Waals surface area contributed by atoms with E-state index in [9.17, 15) is 29.1 Å². The number of pyridine rings is 1. The van der Waals surface area contributed by atoms with Crippen molar-refractivity contribution < 1.29 is 38.9 Å². The third-order valence-electron chi connectivity index (χ3n) is 10.2. The molecule has 1 aliphatic heterocycles. The summed E-state index contributed by atoms with van der Waals surface area (Å²) in [6.07, 6.45) is 16.1. The Kier molecular flexibility index (Phi) is 12.0. The highest BCUT2D eigenvalue weighted by atomic mass is 32.2. The molecule has 2 heterocycles. The molecule has 0 saturated heterocycles. The van der Waals surface area contributed by atoms with Gasteiger partial charge < -0.3 is 31.3 Å². The molecule has 0 bridgehead atoms. The van der Waals surface area contributed by atoms with Gasteiger partial charge in [0.15, 0.2) is 0 Å². The number of hydrogen-bond donors (Lipinski definition) is 5. The van der Waals surface area contributed by atoms with Crippen LogP contribution < -0.4 is 16.4 Å². The number of hydrogen-bond acceptors (Lipinski definition) is 9. The highest BCUT2D eigenvalue weighted by Gasteiger charge is 2.51. The summed E-state index contributed by atoms with van der Waals surface area (Å²) < 4.78 is 6.28. The standard InChI is InChI=1S/C35H46N4O8S/c36-25(33(44)45)7-8-27(40)39-26(32(43)38-19-28(41)42)20-48-31-30-29-23(6-2-1-3-11-35(31)12-4-5-13-35)17-22(18-24(29)34(46)47-30)16-21-9-14-37-15-10-21/h9-10,14-15,18,23-26,31H,1-8,11-13,16-17,19-20,36H2,(H,38,43)(H,39,40)(H,41,42)(H,44,45)/t23-,24-,25-,26-,31?/m0/s1. The van der Waals surface area contributed by atoms with E-state index in [1.54, 1.807) is 12.4 Å². The quantitative estimate of drug-likeness (QED) is 0.151. The van der Waals surface area contributed by atoms with E-state index in [0.717, 1.165) is 81.8 Å². The van der Waals surface area contributed by atoms with Crippen LogP contribution >= 0.6 is 11.8 Å². The number of nitrogens with zero attached hydrogens (tertiary/aromatic N) is 1. The fraction of sp³-hybridized carbons (Fsp3) is 0.600. The molecule has 5 atom stereocenters. The minimum absolute atomic E-state index is 0.112. The number of aliphatic carboxylic acids is 2. The van der Waals surface area contributed by atoms with Crippen molar-refractivity contribution in [2.24, 2.45) is 23.0 Å². The van der Waals surface area contributed by atoms with Crippen LogP contribution in [-0.2, 0) is 35.1 Å². The average Bonchev–Trinajstić information content (AvgIpc) is 3.67. The number of rotatable bonds is 13. The fourth-order valence-corrected chi connectivity index (χ4v) is 9.51. The maximum Gasteiger partial charge on any atom is 0.322 e. The Morgan fingerprint density at radius 1 is 1.06 bits per heavy atom. The first-order valence-electron chi connectivity index (χ1n) is 17.0. The van der Waals surface area contributed by atoms with Gasteiger partial charge in [-0.1, -0.05) is 43.8 Å². The molecule has 5 rings (SSSR count). The molecule has 260 valence electrons. The molecule has 1 fully saturated rings. The Bertz CT molecular complexity index is 1440. The van der Waals surface area contributed by atoms with Crippen LogP contribution in [0.4, 0.5) is 0 Å². The van der Waals surface area contributed by atoms with Gasteiger partial charge in [-0.05, 0) is 79.5 Å². The van der Waals surface area contributed by atoms with Crippen LogP contribution in [0.1, 0.15) is 82.6 Å². The Labute approximate surface area is 284 Å². The number of carboxylic acids is 2. The molecule has 0 aromatic carbocycles. The van der Waals surface area contributed by atoms with Crippen molar-refractivity contribution in [3.63, 3.8) is 0 Å². The van der Waals surface area contributed by atoms with Crippen molar-refractivity contribution in [2.75, 3.05) is 12.3 Å². The van der Waals surface area contributed by atoms with Crippen molar-refractivity contribution in [3.8, 4) is 0 Å². The number of esters is 1. The molecule has 1 spiro atoms. The molecule has 1 aromatic rings. The molecule has 1 aromatic heterocycles. The minimum Gasteiger partial charge on any atom is -0.480 e. The first-order chi connectivity index (χ1) is 23.1. The van der Waals surface area contributed by atoms with Gasteiger partial charge in [0.25, 0.3) is 0 Å². The number of thioether (sulfide) groups is 1. The second-order valence-corrected chi connectivity index (χ2v) is 14.7. The van der Waals surface area contributed by atoms with Gasteiger partial charge >= 0.3 is 17.9 Å². The molecular weight excluding hydrogens is 636 g/mol. The first-order valence-corrected chi connectivity index (χ1v) is 18.0. The minimum atomic E-state index is -1.23. The lowest BCUT2D eigenvalue weighted by Crippen LogP contribution is -2.50. The number of nitrogens with two attached hydrogens (primary N) is 1. The maximum absolute atomic E-state index is 13.7. The molecule has 12 nitrogen and oxygen atoms in total. The van der Waals surface area contributed by atoms with Crippen LogP contribution in [0.2, 0.25) is 0 Å². The molecule has 3 aliphatic carbocycles. The summed E-state index contributed by atoms with van der Waals surface area (Å²) in [7, 11) is 0. The lowest BCUT2D eigenvalue weighted by atomic mass is 9.70. The molecule has 4 aliphatic rings. The maximum atomic E-state index is 13.7. The van der Waals surface area contributed by atoms with E-state index in [0.29, 0.717) is 5.76 Å². The Morgan fingerprint density at radius 3 is 2.46 bits per heavy atom. The first kappa shape index (κ1) is 35.6. The number of nitrogens with one attached hydrogen (secondary N) is 2. The summed E-state index contributed by atoms with van der Waals surface area (Å²) in [6.45, 7) is -0.614. The highest BCUT2D eigenvalue weighted by Crippen LogP contribution is 2.56. The topological polar surface area (TPSA) is 198 Å². The molecule has 6 N–H and O–H groups in total. The number of carbonyl (C=O) groups excluding carboxylic acids is 3. The van der Waals surface area contributed by atoms with Crippen molar-refractivity contribution in [1.29, 1.82) is 0 Å². The molecule has 2 amide bonds. The van der Waals surface area contributed by atoms with Crippen molar-refractivity contribution in [2.45, 2.75) is 101 Å². The number of allylic oxidation sites excluding steroid dienone is 1. The third-order valence-corrected chi connectivity index (χ3v) is 11.8. The number of aromatic nitrogens is 1. The van der Waals surface area contributed by atoms with Crippen LogP contribution in [0.5, 0.6) is 0 Å². The second kappa shape index (κ2) is 16.1. The van der Waals surface area contributed by atoms with Crippen molar-refractivity contribution in [3.05, 3.63) is 53.1 Å². The number of ether oxygens (including phenoxy) is 1. The molecule has 13 heteroatoms. The molecule has 1 unspecified atom stereocenters. The van der Waals surface area contributed by atoms with Crippen LogP contribution in [0.25, 0.3) is 0 Å². The van der Waals surface area contributed by atoms with Gasteiger partial charge in [0, 0.05) is 24.6 Å². The highest BCUT2D eigenvalue weighted by molar-refractivity contribution is 8.00. The fourth-order valence-electron chi connectivity index (χ4n) is 7.85. The zero-order valence-corrected chi connectivity index (χ0v) is 28.0. The largest absolute Gasteiger partial charge is 0.480 e. The van der Waals surface area contributed by atoms with Gasteiger partial charge in [0.05, 0.1) is 5.25 Å². The van der Waals surface area contributed by atoms with Gasteiger partial charge in [-0.3, -0.25) is 29.0 Å². The van der Waals surface area contributed by atoms with Gasteiger partial charge in [-0.25, -0.2) is 0 Å². The van der Waals surface area contributed by atoms with Crippen LogP contribution in [-0.4, -0.2) is 74.6 Å². The van der Waals surface area contributed by atoms with E-state index >= 15 is 0 Å². The summed E-state index contributed by atoms with van der Waals surface area (Å²) in [5.74, 6) is -3.40. The van der Waals surface area contributed by atoms with Crippen molar-refractivity contribution >= 4 is 41.5 Å². The number of amides is 2. The second-order valence-electron chi connectivity index (χ2n) is 13.6. The Balaban J connectivity index is 1.45. The third kappa shape index (κ3) is 8.65. The molecule has 0 radical (unpaired) electrons. The zero-order valence-electron chi connectivity index (χ0n) is 27.2. The summed E-state index contributed by atoms with van der Waals surface area (Å²) in [6, 6.07) is 1.67. The summed E-state index contributed by atoms with van der Waals surface area (Å²) in [4.78, 5) is 66.3. The van der Waals surface area contributed by atoms with E-state index in [2.05, 4.69) is 21.7 Å². The smallest absolute Gasteiger partial charge is 0.322 e. The van der Waals surface area contributed by atoms with E-state index in [4.69, 9.17) is 15.6 Å². The van der Waals surface area contributed by atoms with E-state index in [1.807, 2.05) is 12.1 Å². The van der Waals surface area contributed by atoms with Crippen molar-refractivity contribution in [1.82, 2.24) is 15.6 Å². The van der Waals surface area contributed by atoms with E-state index in [-0.39, 0.29) is 41.1 Å². The summed E-state index contributed by atoms with van der Waals surface area (Å²) in [5, 5.41) is 23.1. The van der Waals surface area contributed by atoms with Crippen LogP contribution in [0.15, 0.2) is 47.5 Å². The predicted octanol–water partition coefficient (Wildman–Crippen LogP) is 3.50. The lowest BCUT2D eigenvalue weighted by Gasteiger charge is -2.40. The van der Waals surface area contributed by atoms with Crippen LogP contribution in [0, 0.1) is 17.3 Å². The average molecular weight is 683 g/mol. The zero-order chi connectivity index (χ0) is 34.3. The number of carboxylic acid groups (broad SMARTS) is 2. The Morgan fingerprint density at radius 2 is 1.77 bits per heavy atom. The lowest BCUT2D eigenvalue weighted by molar-refractivity contribution is -0.140. The van der Waals surface area contributed by atoms with E-state index in [1.165, 1.54) is 17.3 Å². The number of carbonyl (C=O) groups is 5. The van der Waals surface area contributed by atoms with Gasteiger partial charge in [0.1, 0.15) is 30.3 Å². The van der Waals surface area contributed by atoms with Gasteiger partial charge in [0.2, 0.25) is 11.8 Å². The summed E-state index contributed by atoms with van der Waals surface area (Å²) >= 11 is 1.49. The Hall–Kier alpha value is -3.71. The molecule has 1 saturated carbocycles. The van der Waals surface area contributed by atoms with Gasteiger partial charge in [-0.15, -0.1) is 11.8 Å². The predicted molar refractivity (Wildman–Crippen MR) is 178 cm³/mol.